The van der Waals surface area contributed by atoms with Gasteiger partial charge in [-0.1, -0.05) is 0 Å². The monoisotopic (exact) mass is 397 g/mol. The summed E-state index contributed by atoms with van der Waals surface area (Å²) in [5, 5.41) is 3.39. The van der Waals surface area contributed by atoms with Crippen molar-refractivity contribution in [3.05, 3.63) is 75.8 Å². The molecule has 0 spiro atoms. The number of nitrogens with one attached hydrogen (secondary N) is 1. The van der Waals surface area contributed by atoms with E-state index in [2.05, 4.69) is 5.32 Å². The van der Waals surface area contributed by atoms with E-state index >= 15 is 0 Å². The van der Waals surface area contributed by atoms with Crippen LogP contribution in [-0.2, 0) is 0 Å². The molecule has 1 fully saturated rings. The Labute approximate surface area is 153 Å². The van der Waals surface area contributed by atoms with E-state index in [1.807, 2.05) is 42.5 Å². The molecule has 2 aliphatic rings. The standard InChI is InChI=1S/C21H19NO2Se/c23-19-16-10-4-5-11-17(16)20(24)21(25-15-8-2-1-3-9-15)18(19)14-7-6-12-22-13-14/h1-5,8-11,14,22H,6-7,12-13H2. The molecule has 1 heterocycles. The minimum atomic E-state index is -0.158. The van der Waals surface area contributed by atoms with Gasteiger partial charge in [-0.2, -0.15) is 0 Å². The van der Waals surface area contributed by atoms with E-state index < -0.39 is 0 Å². The van der Waals surface area contributed by atoms with Crippen LogP contribution in [0.4, 0.5) is 0 Å². The Bertz CT molecular complexity index is 851. The van der Waals surface area contributed by atoms with Crippen LogP contribution in [0.5, 0.6) is 0 Å². The van der Waals surface area contributed by atoms with Gasteiger partial charge in [0.25, 0.3) is 0 Å². The van der Waals surface area contributed by atoms with Crippen molar-refractivity contribution in [2.45, 2.75) is 12.8 Å². The van der Waals surface area contributed by atoms with Crippen LogP contribution in [-0.4, -0.2) is 39.6 Å². The van der Waals surface area contributed by atoms with Gasteiger partial charge in [0.15, 0.2) is 0 Å². The molecule has 0 saturated carbocycles. The molecule has 1 saturated heterocycles. The molecule has 0 aromatic heterocycles. The molecule has 0 amide bonds. The van der Waals surface area contributed by atoms with Crippen molar-refractivity contribution in [2.75, 3.05) is 13.1 Å². The summed E-state index contributed by atoms with van der Waals surface area (Å²) in [6, 6.07) is 17.3. The summed E-state index contributed by atoms with van der Waals surface area (Å²) in [6.07, 6.45) is 2.01. The van der Waals surface area contributed by atoms with Gasteiger partial charge in [-0.3, -0.25) is 0 Å². The van der Waals surface area contributed by atoms with Gasteiger partial charge < -0.3 is 0 Å². The van der Waals surface area contributed by atoms with Crippen LogP contribution in [0.25, 0.3) is 0 Å². The van der Waals surface area contributed by atoms with Crippen LogP contribution in [0.1, 0.15) is 33.6 Å². The fraction of sp³-hybridized carbons (Fsp3) is 0.238. The van der Waals surface area contributed by atoms with Gasteiger partial charge >= 0.3 is 154 Å². The van der Waals surface area contributed by atoms with Crippen LogP contribution in [0.3, 0.4) is 0 Å². The first-order chi connectivity index (χ1) is 12.3. The number of carbonyl (C=O) groups excluding carboxylic acids is 2. The number of Topliss-reactive ketones (excluding diaryl/α,β-unsaturated/α-hetero) is 2. The minimum absolute atomic E-state index is 0.0413. The molecule has 4 rings (SSSR count). The average Bonchev–Trinajstić information content (AvgIpc) is 2.68. The Morgan fingerprint density at radius 3 is 2.24 bits per heavy atom. The third kappa shape index (κ3) is 3.13. The molecule has 1 atom stereocenters. The maximum atomic E-state index is 13.2. The number of fused-ring (bicyclic) bond motifs is 1. The fourth-order valence-corrected chi connectivity index (χ4v) is 5.86. The van der Waals surface area contributed by atoms with Gasteiger partial charge in [-0.15, -0.1) is 0 Å². The van der Waals surface area contributed by atoms with E-state index in [-0.39, 0.29) is 32.4 Å². The van der Waals surface area contributed by atoms with Crippen LogP contribution >= 0.6 is 0 Å². The Morgan fingerprint density at radius 2 is 1.56 bits per heavy atom. The van der Waals surface area contributed by atoms with Crippen LogP contribution in [0, 0.1) is 5.92 Å². The first kappa shape index (κ1) is 16.5. The zero-order valence-corrected chi connectivity index (χ0v) is 15.5. The summed E-state index contributed by atoms with van der Waals surface area (Å²) in [4.78, 5) is 26.4. The molecule has 0 bridgehead atoms. The Kier molecular flexibility index (Phi) is 4.67. The summed E-state index contributed by atoms with van der Waals surface area (Å²) >= 11 is -0.158. The summed E-state index contributed by atoms with van der Waals surface area (Å²) in [5.74, 6) is 0.232. The molecule has 1 aliphatic carbocycles. The Balaban J connectivity index is 1.82. The van der Waals surface area contributed by atoms with Crippen molar-refractivity contribution in [3.63, 3.8) is 0 Å². The number of benzene rings is 2. The van der Waals surface area contributed by atoms with Gasteiger partial charge in [-0.05, 0) is 0 Å². The first-order valence-corrected chi connectivity index (χ1v) is 10.3. The van der Waals surface area contributed by atoms with E-state index in [0.29, 0.717) is 11.1 Å². The second-order valence-corrected chi connectivity index (χ2v) is 8.68. The summed E-state index contributed by atoms with van der Waals surface area (Å²) in [7, 11) is 0. The maximum absolute atomic E-state index is 13.2. The number of hydrogen-bond acceptors (Lipinski definition) is 3. The van der Waals surface area contributed by atoms with Gasteiger partial charge in [0.2, 0.25) is 0 Å². The van der Waals surface area contributed by atoms with E-state index in [1.165, 1.54) is 0 Å². The molecule has 1 unspecified atom stereocenters. The number of rotatable bonds is 3. The van der Waals surface area contributed by atoms with Crippen molar-refractivity contribution in [1.82, 2.24) is 5.32 Å². The Morgan fingerprint density at radius 1 is 0.880 bits per heavy atom. The normalized spacial score (nSPS) is 20.6. The van der Waals surface area contributed by atoms with E-state index in [4.69, 9.17) is 0 Å². The van der Waals surface area contributed by atoms with Gasteiger partial charge in [-0.25, -0.2) is 0 Å². The molecule has 2 aromatic rings. The fourth-order valence-electron chi connectivity index (χ4n) is 3.55. The van der Waals surface area contributed by atoms with Crippen LogP contribution in [0.2, 0.25) is 0 Å². The van der Waals surface area contributed by atoms with Crippen LogP contribution < -0.4 is 9.78 Å². The van der Waals surface area contributed by atoms with Gasteiger partial charge in [0, 0.05) is 0 Å². The van der Waals surface area contributed by atoms with Gasteiger partial charge in [0.1, 0.15) is 0 Å². The topological polar surface area (TPSA) is 46.2 Å². The number of carbonyl (C=O) groups is 2. The third-order valence-electron chi connectivity index (χ3n) is 4.78. The Hall–Kier alpha value is -2.00. The van der Waals surface area contributed by atoms with Crippen molar-refractivity contribution in [1.29, 1.82) is 0 Å². The van der Waals surface area contributed by atoms with E-state index in [9.17, 15) is 9.59 Å². The summed E-state index contributed by atoms with van der Waals surface area (Å²) in [5.41, 5.74) is 1.90. The SMILES string of the molecule is O=C1C([Se]c2ccccc2)=C(C2CCCNC2)C(=O)c2ccccc21. The van der Waals surface area contributed by atoms with Crippen molar-refractivity contribution >= 4 is 31.0 Å². The predicted octanol–water partition coefficient (Wildman–Crippen LogP) is 2.35. The molecule has 4 heteroatoms. The number of piperidine rings is 1. The van der Waals surface area contributed by atoms with Crippen LogP contribution in [0.15, 0.2) is 64.6 Å². The molecule has 0 radical (unpaired) electrons. The first-order valence-electron chi connectivity index (χ1n) is 8.62. The zero-order valence-electron chi connectivity index (χ0n) is 13.8. The van der Waals surface area contributed by atoms with E-state index in [0.717, 1.165) is 40.4 Å². The predicted molar refractivity (Wildman–Crippen MR) is 99.6 cm³/mol. The number of allylic oxidation sites excluding steroid dienone is 1. The number of hydrogen-bond donors (Lipinski definition) is 1. The molecule has 1 N–H and O–H groups in total. The number of ketones is 2. The van der Waals surface area contributed by atoms with Crippen molar-refractivity contribution < 1.29 is 9.59 Å². The second kappa shape index (κ2) is 7.09. The molecule has 1 aliphatic heterocycles. The van der Waals surface area contributed by atoms with E-state index in [1.54, 1.807) is 12.1 Å². The second-order valence-electron chi connectivity index (χ2n) is 6.41. The zero-order chi connectivity index (χ0) is 17.2. The van der Waals surface area contributed by atoms with Gasteiger partial charge in [0.05, 0.1) is 0 Å². The third-order valence-corrected chi connectivity index (χ3v) is 7.12. The summed E-state index contributed by atoms with van der Waals surface area (Å²) in [6.45, 7) is 1.77. The molecular weight excluding hydrogens is 377 g/mol. The molecule has 2 aromatic carbocycles. The molecule has 126 valence electrons. The quantitative estimate of drug-likeness (QED) is 0.811. The van der Waals surface area contributed by atoms with Crippen molar-refractivity contribution in [2.24, 2.45) is 5.92 Å². The molecule has 3 nitrogen and oxygen atoms in total. The summed E-state index contributed by atoms with van der Waals surface area (Å²) < 4.78 is 1.88. The van der Waals surface area contributed by atoms with Crippen molar-refractivity contribution in [3.8, 4) is 0 Å². The molecule has 25 heavy (non-hydrogen) atoms. The molecular formula is C21H19NO2Se. The average molecular weight is 396 g/mol.